The van der Waals surface area contributed by atoms with Gasteiger partial charge in [0.15, 0.2) is 0 Å². The SMILES string of the molecule is CC1=C[C@@H](O)CC(C)(C)[C@]1(O)/C=C/C(C)=C/C=C/C(C)=C\C=C\C=C(C)\C=C\C=C(/C)C#CC1=C(C)C[C@@H](O)CC1(C)C. The van der Waals surface area contributed by atoms with Crippen LogP contribution in [0.15, 0.2) is 118 Å². The Hall–Kier alpha value is -3.16. The summed E-state index contributed by atoms with van der Waals surface area (Å²) >= 11 is 0. The summed E-state index contributed by atoms with van der Waals surface area (Å²) in [6, 6.07) is 0. The third-order valence-electron chi connectivity index (χ3n) is 8.41. The Bertz CT molecular complexity index is 1380. The van der Waals surface area contributed by atoms with Crippen molar-refractivity contribution in [3.05, 3.63) is 118 Å². The molecular weight excluding hydrogens is 528 g/mol. The molecule has 0 aromatic carbocycles. The quantitative estimate of drug-likeness (QED) is 0.152. The van der Waals surface area contributed by atoms with Gasteiger partial charge in [0.05, 0.1) is 12.2 Å². The summed E-state index contributed by atoms with van der Waals surface area (Å²) in [6.45, 7) is 20.4. The van der Waals surface area contributed by atoms with Gasteiger partial charge in [-0.1, -0.05) is 135 Å². The van der Waals surface area contributed by atoms with Crippen molar-refractivity contribution in [2.45, 2.75) is 106 Å². The van der Waals surface area contributed by atoms with E-state index in [0.29, 0.717) is 12.8 Å². The Morgan fingerprint density at radius 2 is 1.33 bits per heavy atom. The minimum absolute atomic E-state index is 0.0912. The van der Waals surface area contributed by atoms with Crippen molar-refractivity contribution in [1.82, 2.24) is 0 Å². The Morgan fingerprint density at radius 1 is 0.791 bits per heavy atom. The molecule has 0 heterocycles. The Morgan fingerprint density at radius 3 is 1.88 bits per heavy atom. The number of rotatable bonds is 8. The lowest BCUT2D eigenvalue weighted by molar-refractivity contribution is -0.0292. The fraction of sp³-hybridized carbons (Fsp3) is 0.450. The van der Waals surface area contributed by atoms with Crippen molar-refractivity contribution < 1.29 is 15.3 Å². The van der Waals surface area contributed by atoms with Gasteiger partial charge in [0.2, 0.25) is 0 Å². The molecule has 2 aliphatic carbocycles. The monoisotopic (exact) mass is 582 g/mol. The molecule has 0 bridgehead atoms. The summed E-state index contributed by atoms with van der Waals surface area (Å²) in [5, 5.41) is 31.5. The third kappa shape index (κ3) is 10.8. The first kappa shape index (κ1) is 36.0. The summed E-state index contributed by atoms with van der Waals surface area (Å²) in [4.78, 5) is 0. The standard InChI is InChI=1S/C40H54O3/c1-29(17-13-19-31(3)21-22-37-33(5)25-35(41)27-38(37,7)8)15-11-12-16-30(2)18-14-20-32(4)23-24-40(43)34(6)26-36(42)28-39(40,9)10/h11-20,23-24,26,35-36,41-43H,25,27-28H2,1-10H3/b12-11+,17-13+,18-14+,24-23+,29-15+,30-16-,31-19+,32-20+/t35-,36-,40+/m1/s1. The predicted molar refractivity (Wildman–Crippen MR) is 184 cm³/mol. The highest BCUT2D eigenvalue weighted by Crippen LogP contribution is 2.45. The molecule has 0 aromatic rings. The highest BCUT2D eigenvalue weighted by molar-refractivity contribution is 5.45. The van der Waals surface area contributed by atoms with Crippen LogP contribution in [0, 0.1) is 22.7 Å². The van der Waals surface area contributed by atoms with Gasteiger partial charge in [-0.25, -0.2) is 0 Å². The summed E-state index contributed by atoms with van der Waals surface area (Å²) in [7, 11) is 0. The second-order valence-electron chi connectivity index (χ2n) is 13.6. The maximum Gasteiger partial charge on any atom is 0.109 e. The van der Waals surface area contributed by atoms with Crippen LogP contribution in [0.3, 0.4) is 0 Å². The largest absolute Gasteiger partial charge is 0.393 e. The molecule has 0 unspecified atom stereocenters. The fourth-order valence-corrected chi connectivity index (χ4v) is 5.85. The van der Waals surface area contributed by atoms with E-state index in [1.54, 1.807) is 6.08 Å². The molecule has 43 heavy (non-hydrogen) atoms. The minimum atomic E-state index is -1.08. The number of aliphatic hydroxyl groups excluding tert-OH is 2. The first-order valence-corrected chi connectivity index (χ1v) is 15.4. The minimum Gasteiger partial charge on any atom is -0.393 e. The highest BCUT2D eigenvalue weighted by Gasteiger charge is 2.46. The molecule has 0 radical (unpaired) electrons. The van der Waals surface area contributed by atoms with E-state index in [0.717, 1.165) is 39.9 Å². The van der Waals surface area contributed by atoms with Crippen molar-refractivity contribution in [2.24, 2.45) is 10.8 Å². The molecule has 0 saturated heterocycles. The van der Waals surface area contributed by atoms with Crippen LogP contribution in [0.2, 0.25) is 0 Å². The number of hydrogen-bond acceptors (Lipinski definition) is 3. The van der Waals surface area contributed by atoms with E-state index < -0.39 is 17.1 Å². The second kappa shape index (κ2) is 15.5. The molecule has 3 atom stereocenters. The zero-order valence-corrected chi connectivity index (χ0v) is 28.1. The topological polar surface area (TPSA) is 60.7 Å². The lowest BCUT2D eigenvalue weighted by atomic mass is 9.64. The predicted octanol–water partition coefficient (Wildman–Crippen LogP) is 8.97. The van der Waals surface area contributed by atoms with Gasteiger partial charge in [0.25, 0.3) is 0 Å². The van der Waals surface area contributed by atoms with E-state index in [1.807, 2.05) is 83.2 Å². The van der Waals surface area contributed by atoms with Gasteiger partial charge in [-0.05, 0) is 78.0 Å². The van der Waals surface area contributed by atoms with Gasteiger partial charge < -0.3 is 15.3 Å². The van der Waals surface area contributed by atoms with E-state index >= 15 is 0 Å². The molecule has 0 fully saturated rings. The maximum absolute atomic E-state index is 11.3. The molecule has 232 valence electrons. The van der Waals surface area contributed by atoms with Crippen LogP contribution >= 0.6 is 0 Å². The molecule has 0 amide bonds. The summed E-state index contributed by atoms with van der Waals surface area (Å²) in [5.41, 5.74) is 5.83. The molecule has 3 heteroatoms. The molecule has 0 saturated carbocycles. The smallest absolute Gasteiger partial charge is 0.109 e. The number of allylic oxidation sites excluding steroid dienone is 16. The molecule has 2 aliphatic rings. The van der Waals surface area contributed by atoms with Crippen LogP contribution in [-0.2, 0) is 0 Å². The summed E-state index contributed by atoms with van der Waals surface area (Å²) in [5.74, 6) is 6.66. The van der Waals surface area contributed by atoms with Crippen molar-refractivity contribution in [3.63, 3.8) is 0 Å². The van der Waals surface area contributed by atoms with Crippen LogP contribution in [0.25, 0.3) is 0 Å². The van der Waals surface area contributed by atoms with E-state index in [1.165, 1.54) is 5.57 Å². The van der Waals surface area contributed by atoms with Gasteiger partial charge in [-0.3, -0.25) is 0 Å². The maximum atomic E-state index is 11.3. The van der Waals surface area contributed by atoms with Gasteiger partial charge >= 0.3 is 0 Å². The Labute approximate surface area is 261 Å². The van der Waals surface area contributed by atoms with Crippen molar-refractivity contribution in [1.29, 1.82) is 0 Å². The van der Waals surface area contributed by atoms with Gasteiger partial charge in [0.1, 0.15) is 5.60 Å². The van der Waals surface area contributed by atoms with Crippen LogP contribution < -0.4 is 0 Å². The molecule has 0 spiro atoms. The Kier molecular flexibility index (Phi) is 13.0. The lowest BCUT2D eigenvalue weighted by Crippen LogP contribution is -2.48. The van der Waals surface area contributed by atoms with Crippen LogP contribution in [0.1, 0.15) is 88.5 Å². The molecule has 2 rings (SSSR count). The van der Waals surface area contributed by atoms with E-state index in [4.69, 9.17) is 0 Å². The second-order valence-corrected chi connectivity index (χ2v) is 13.6. The molecular formula is C40H54O3. The molecule has 0 aliphatic heterocycles. The van der Waals surface area contributed by atoms with Gasteiger partial charge in [-0.2, -0.15) is 0 Å². The highest BCUT2D eigenvalue weighted by atomic mass is 16.3. The number of aliphatic hydroxyl groups is 3. The first-order valence-electron chi connectivity index (χ1n) is 15.4. The zero-order chi connectivity index (χ0) is 32.4. The first-order chi connectivity index (χ1) is 20.0. The lowest BCUT2D eigenvalue weighted by Gasteiger charge is -2.46. The van der Waals surface area contributed by atoms with Gasteiger partial charge in [0, 0.05) is 16.4 Å². The third-order valence-corrected chi connectivity index (χ3v) is 8.41. The Balaban J connectivity index is 1.94. The molecule has 3 N–H and O–H groups in total. The number of hydrogen-bond donors (Lipinski definition) is 3. The molecule has 0 aromatic heterocycles. The van der Waals surface area contributed by atoms with Crippen LogP contribution in [0.5, 0.6) is 0 Å². The van der Waals surface area contributed by atoms with Crippen LogP contribution in [-0.4, -0.2) is 33.1 Å². The normalized spacial score (nSPS) is 27.4. The molecule has 3 nitrogen and oxygen atoms in total. The van der Waals surface area contributed by atoms with E-state index in [9.17, 15) is 15.3 Å². The fourth-order valence-electron chi connectivity index (χ4n) is 5.85. The summed E-state index contributed by atoms with van der Waals surface area (Å²) in [6.07, 6.45) is 27.2. The van der Waals surface area contributed by atoms with E-state index in [2.05, 4.69) is 70.8 Å². The zero-order valence-electron chi connectivity index (χ0n) is 28.1. The van der Waals surface area contributed by atoms with Crippen molar-refractivity contribution in [3.8, 4) is 11.8 Å². The van der Waals surface area contributed by atoms with E-state index in [-0.39, 0.29) is 11.5 Å². The average molecular weight is 583 g/mol. The van der Waals surface area contributed by atoms with Crippen molar-refractivity contribution in [2.75, 3.05) is 0 Å². The average Bonchev–Trinajstić information content (AvgIpc) is 2.87. The van der Waals surface area contributed by atoms with Crippen molar-refractivity contribution >= 4 is 0 Å². The van der Waals surface area contributed by atoms with Crippen LogP contribution in [0.4, 0.5) is 0 Å². The van der Waals surface area contributed by atoms with Gasteiger partial charge in [-0.15, -0.1) is 0 Å². The summed E-state index contributed by atoms with van der Waals surface area (Å²) < 4.78 is 0.